The number of nitrogens with one attached hydrogen (secondary N) is 1. The third-order valence-electron chi connectivity index (χ3n) is 2.62. The maximum absolute atomic E-state index is 5.41. The summed E-state index contributed by atoms with van der Waals surface area (Å²) in [7, 11) is 0. The van der Waals surface area contributed by atoms with Crippen LogP contribution >= 0.6 is 0 Å². The van der Waals surface area contributed by atoms with Crippen LogP contribution in [0, 0.1) is 6.92 Å². The SMILES string of the molecule is CCOc1cc(C)nc(NC2CCCOC2)n1. The van der Waals surface area contributed by atoms with Gasteiger partial charge in [0, 0.05) is 18.4 Å². The van der Waals surface area contributed by atoms with Crippen molar-refractivity contribution >= 4 is 5.95 Å². The fourth-order valence-corrected chi connectivity index (χ4v) is 1.86. The van der Waals surface area contributed by atoms with E-state index in [-0.39, 0.29) is 0 Å². The summed E-state index contributed by atoms with van der Waals surface area (Å²) in [5.74, 6) is 1.25. The lowest BCUT2D eigenvalue weighted by atomic mass is 10.1. The minimum atomic E-state index is 0.306. The Morgan fingerprint density at radius 2 is 2.41 bits per heavy atom. The van der Waals surface area contributed by atoms with Crippen molar-refractivity contribution in [3.8, 4) is 5.88 Å². The number of hydrogen-bond acceptors (Lipinski definition) is 5. The molecule has 1 aromatic rings. The van der Waals surface area contributed by atoms with Crippen LogP contribution in [0.2, 0.25) is 0 Å². The molecule has 1 fully saturated rings. The molecule has 2 rings (SSSR count). The second kappa shape index (κ2) is 5.82. The van der Waals surface area contributed by atoms with Gasteiger partial charge in [0.15, 0.2) is 0 Å². The standard InChI is InChI=1S/C12H19N3O2/c1-3-17-11-7-9(2)13-12(15-11)14-10-5-4-6-16-8-10/h7,10H,3-6,8H2,1-2H3,(H,13,14,15). The quantitative estimate of drug-likeness (QED) is 0.865. The van der Waals surface area contributed by atoms with Crippen LogP contribution in [-0.4, -0.2) is 35.8 Å². The molecule has 0 radical (unpaired) electrons. The molecule has 1 atom stereocenters. The van der Waals surface area contributed by atoms with E-state index in [0.717, 1.165) is 31.7 Å². The molecule has 0 spiro atoms. The average molecular weight is 237 g/mol. The molecule has 1 aromatic heterocycles. The van der Waals surface area contributed by atoms with Crippen LogP contribution in [0.25, 0.3) is 0 Å². The number of anilines is 1. The topological polar surface area (TPSA) is 56.3 Å². The molecule has 94 valence electrons. The first-order chi connectivity index (χ1) is 8.28. The zero-order valence-electron chi connectivity index (χ0n) is 10.4. The first-order valence-corrected chi connectivity index (χ1v) is 6.10. The summed E-state index contributed by atoms with van der Waals surface area (Å²) in [6, 6.07) is 2.14. The molecule has 0 amide bonds. The highest BCUT2D eigenvalue weighted by molar-refractivity contribution is 5.31. The highest BCUT2D eigenvalue weighted by Gasteiger charge is 2.15. The molecule has 0 saturated carbocycles. The van der Waals surface area contributed by atoms with E-state index in [1.807, 2.05) is 19.9 Å². The van der Waals surface area contributed by atoms with Gasteiger partial charge in [-0.2, -0.15) is 4.98 Å². The van der Waals surface area contributed by atoms with Crippen LogP contribution in [0.4, 0.5) is 5.95 Å². The van der Waals surface area contributed by atoms with Crippen molar-refractivity contribution in [2.75, 3.05) is 25.1 Å². The molecule has 1 aliphatic rings. The predicted octanol–water partition coefficient (Wildman–Crippen LogP) is 1.77. The van der Waals surface area contributed by atoms with Crippen LogP contribution in [0.15, 0.2) is 6.07 Å². The van der Waals surface area contributed by atoms with Gasteiger partial charge >= 0.3 is 0 Å². The number of aryl methyl sites for hydroxylation is 1. The van der Waals surface area contributed by atoms with Gasteiger partial charge < -0.3 is 14.8 Å². The summed E-state index contributed by atoms with van der Waals surface area (Å²) in [5, 5.41) is 3.29. The molecule has 1 aliphatic heterocycles. The van der Waals surface area contributed by atoms with Crippen molar-refractivity contribution in [2.45, 2.75) is 32.7 Å². The number of nitrogens with zero attached hydrogens (tertiary/aromatic N) is 2. The van der Waals surface area contributed by atoms with E-state index in [9.17, 15) is 0 Å². The van der Waals surface area contributed by atoms with E-state index in [1.54, 1.807) is 0 Å². The Hall–Kier alpha value is -1.36. The third-order valence-corrected chi connectivity index (χ3v) is 2.62. The van der Waals surface area contributed by atoms with Crippen molar-refractivity contribution in [1.29, 1.82) is 0 Å². The van der Waals surface area contributed by atoms with Gasteiger partial charge in [-0.25, -0.2) is 4.98 Å². The van der Waals surface area contributed by atoms with Crippen molar-refractivity contribution < 1.29 is 9.47 Å². The Kier molecular flexibility index (Phi) is 4.14. The highest BCUT2D eigenvalue weighted by atomic mass is 16.5. The molecule has 17 heavy (non-hydrogen) atoms. The van der Waals surface area contributed by atoms with E-state index in [4.69, 9.17) is 9.47 Å². The van der Waals surface area contributed by atoms with E-state index < -0.39 is 0 Å². The normalized spacial score (nSPS) is 20.0. The van der Waals surface area contributed by atoms with E-state index in [0.29, 0.717) is 24.5 Å². The summed E-state index contributed by atoms with van der Waals surface area (Å²) in [6.07, 6.45) is 2.18. The minimum Gasteiger partial charge on any atom is -0.478 e. The Morgan fingerprint density at radius 1 is 1.53 bits per heavy atom. The lowest BCUT2D eigenvalue weighted by Gasteiger charge is -2.23. The summed E-state index contributed by atoms with van der Waals surface area (Å²) >= 11 is 0. The van der Waals surface area contributed by atoms with Gasteiger partial charge in [-0.1, -0.05) is 0 Å². The number of hydrogen-bond donors (Lipinski definition) is 1. The fraction of sp³-hybridized carbons (Fsp3) is 0.667. The fourth-order valence-electron chi connectivity index (χ4n) is 1.86. The van der Waals surface area contributed by atoms with Crippen LogP contribution in [-0.2, 0) is 4.74 Å². The van der Waals surface area contributed by atoms with Crippen molar-refractivity contribution in [2.24, 2.45) is 0 Å². The molecular weight excluding hydrogens is 218 g/mol. The van der Waals surface area contributed by atoms with Crippen molar-refractivity contribution in [1.82, 2.24) is 9.97 Å². The molecule has 5 nitrogen and oxygen atoms in total. The van der Waals surface area contributed by atoms with Gasteiger partial charge in [-0.15, -0.1) is 0 Å². The summed E-state index contributed by atoms with van der Waals surface area (Å²) in [6.45, 7) is 6.08. The van der Waals surface area contributed by atoms with Crippen LogP contribution < -0.4 is 10.1 Å². The summed E-state index contributed by atoms with van der Waals surface area (Å²) in [5.41, 5.74) is 0.905. The second-order valence-corrected chi connectivity index (χ2v) is 4.16. The van der Waals surface area contributed by atoms with Gasteiger partial charge in [0.05, 0.1) is 19.3 Å². The molecule has 0 bridgehead atoms. The lowest BCUT2D eigenvalue weighted by Crippen LogP contribution is -2.30. The summed E-state index contributed by atoms with van der Waals surface area (Å²) < 4.78 is 10.8. The van der Waals surface area contributed by atoms with Gasteiger partial charge in [-0.3, -0.25) is 0 Å². The smallest absolute Gasteiger partial charge is 0.226 e. The minimum absolute atomic E-state index is 0.306. The summed E-state index contributed by atoms with van der Waals surface area (Å²) in [4.78, 5) is 8.67. The molecule has 1 unspecified atom stereocenters. The van der Waals surface area contributed by atoms with Crippen molar-refractivity contribution in [3.63, 3.8) is 0 Å². The molecule has 1 N–H and O–H groups in total. The van der Waals surface area contributed by atoms with E-state index in [1.165, 1.54) is 0 Å². The van der Waals surface area contributed by atoms with Crippen LogP contribution in [0.3, 0.4) is 0 Å². The van der Waals surface area contributed by atoms with Gasteiger partial charge in [0.25, 0.3) is 0 Å². The Morgan fingerprint density at radius 3 is 3.12 bits per heavy atom. The Balaban J connectivity index is 2.03. The number of aromatic nitrogens is 2. The second-order valence-electron chi connectivity index (χ2n) is 4.16. The average Bonchev–Trinajstić information content (AvgIpc) is 2.30. The number of rotatable bonds is 4. The highest BCUT2D eigenvalue weighted by Crippen LogP contribution is 2.15. The predicted molar refractivity (Wildman–Crippen MR) is 65.4 cm³/mol. The molecule has 2 heterocycles. The van der Waals surface area contributed by atoms with Crippen molar-refractivity contribution in [3.05, 3.63) is 11.8 Å². The van der Waals surface area contributed by atoms with Gasteiger partial charge in [0.2, 0.25) is 11.8 Å². The maximum atomic E-state index is 5.41. The number of ether oxygens (including phenoxy) is 2. The lowest BCUT2D eigenvalue weighted by molar-refractivity contribution is 0.0873. The van der Waals surface area contributed by atoms with Crippen LogP contribution in [0.1, 0.15) is 25.5 Å². The zero-order chi connectivity index (χ0) is 12.1. The zero-order valence-corrected chi connectivity index (χ0v) is 10.4. The first-order valence-electron chi connectivity index (χ1n) is 6.10. The monoisotopic (exact) mass is 237 g/mol. The maximum Gasteiger partial charge on any atom is 0.226 e. The molecule has 1 saturated heterocycles. The van der Waals surface area contributed by atoms with Gasteiger partial charge in [-0.05, 0) is 26.7 Å². The van der Waals surface area contributed by atoms with Gasteiger partial charge in [0.1, 0.15) is 0 Å². The third kappa shape index (κ3) is 3.56. The molecule has 0 aliphatic carbocycles. The Labute approximate surface area is 102 Å². The molecule has 5 heteroatoms. The van der Waals surface area contributed by atoms with E-state index in [2.05, 4.69) is 15.3 Å². The van der Waals surface area contributed by atoms with E-state index >= 15 is 0 Å². The Bertz CT molecular complexity index is 365. The molecular formula is C12H19N3O2. The van der Waals surface area contributed by atoms with Crippen LogP contribution in [0.5, 0.6) is 5.88 Å². The molecule has 0 aromatic carbocycles. The first kappa shape index (κ1) is 12.1. The largest absolute Gasteiger partial charge is 0.478 e.